The third kappa shape index (κ3) is 3.54. The molecule has 1 aromatic heterocycles. The summed E-state index contributed by atoms with van der Waals surface area (Å²) in [5, 5.41) is 2.10. The molecule has 0 N–H and O–H groups in total. The van der Waals surface area contributed by atoms with E-state index in [1.807, 2.05) is 48.2 Å². The minimum Gasteiger partial charge on any atom is -0.339 e. The molecule has 140 valence electrons. The number of carbonyl (C=O) groups excluding carboxylic acids is 2. The van der Waals surface area contributed by atoms with Crippen molar-refractivity contribution in [2.24, 2.45) is 0 Å². The standard InChI is InChI=1S/C22H24N2O2S/c1-15(25)17-3-5-21-19(13-17)20-14-18(16(2)26)4-6-22(20)24(21)8-7-23-9-11-27-12-10-23/h3-6,13-14H,7-12H2,1-2H3. The highest BCUT2D eigenvalue weighted by atomic mass is 32.2. The van der Waals surface area contributed by atoms with E-state index in [2.05, 4.69) is 9.47 Å². The fraction of sp³-hybridized carbons (Fsp3) is 0.364. The molecule has 1 aliphatic heterocycles. The van der Waals surface area contributed by atoms with Gasteiger partial charge in [0.05, 0.1) is 0 Å². The fourth-order valence-electron chi connectivity index (χ4n) is 3.85. The SMILES string of the molecule is CC(=O)c1ccc2c(c1)c1cc(C(C)=O)ccc1n2CCN1CCSCC1. The number of rotatable bonds is 5. The van der Waals surface area contributed by atoms with E-state index < -0.39 is 0 Å². The first kappa shape index (κ1) is 18.3. The van der Waals surface area contributed by atoms with Gasteiger partial charge in [0.1, 0.15) is 0 Å². The molecule has 4 nitrogen and oxygen atoms in total. The van der Waals surface area contributed by atoms with Gasteiger partial charge in [-0.2, -0.15) is 11.8 Å². The summed E-state index contributed by atoms with van der Waals surface area (Å²) in [6.45, 7) is 7.40. The van der Waals surface area contributed by atoms with E-state index in [0.29, 0.717) is 11.1 Å². The molecule has 0 radical (unpaired) electrons. The molecule has 0 spiro atoms. The lowest BCUT2D eigenvalue weighted by Gasteiger charge is -2.26. The molecule has 3 aromatic rings. The molecule has 0 amide bonds. The van der Waals surface area contributed by atoms with E-state index in [1.54, 1.807) is 13.8 Å². The average Bonchev–Trinajstić information content (AvgIpc) is 2.99. The van der Waals surface area contributed by atoms with Crippen LogP contribution in [0.15, 0.2) is 36.4 Å². The quantitative estimate of drug-likeness (QED) is 0.621. The van der Waals surface area contributed by atoms with Crippen LogP contribution in [0, 0.1) is 0 Å². The third-order valence-corrected chi connectivity index (χ3v) is 6.36. The van der Waals surface area contributed by atoms with Crippen LogP contribution >= 0.6 is 11.8 Å². The molecule has 0 saturated carbocycles. The van der Waals surface area contributed by atoms with Crippen LogP contribution in [0.4, 0.5) is 0 Å². The molecule has 0 aliphatic carbocycles. The summed E-state index contributed by atoms with van der Waals surface area (Å²) in [6, 6.07) is 11.8. The lowest BCUT2D eigenvalue weighted by Crippen LogP contribution is -2.35. The molecule has 2 aromatic carbocycles. The largest absolute Gasteiger partial charge is 0.339 e. The van der Waals surface area contributed by atoms with Gasteiger partial charge in [-0.1, -0.05) is 0 Å². The lowest BCUT2D eigenvalue weighted by molar-refractivity contribution is 0.100. The van der Waals surface area contributed by atoms with E-state index in [-0.39, 0.29) is 11.6 Å². The van der Waals surface area contributed by atoms with Gasteiger partial charge in [0, 0.05) is 70.6 Å². The number of hydrogen-bond donors (Lipinski definition) is 0. The van der Waals surface area contributed by atoms with Gasteiger partial charge >= 0.3 is 0 Å². The van der Waals surface area contributed by atoms with Crippen molar-refractivity contribution in [1.29, 1.82) is 0 Å². The van der Waals surface area contributed by atoms with E-state index in [9.17, 15) is 9.59 Å². The topological polar surface area (TPSA) is 42.3 Å². The monoisotopic (exact) mass is 380 g/mol. The predicted molar refractivity (Wildman–Crippen MR) is 113 cm³/mol. The summed E-state index contributed by atoms with van der Waals surface area (Å²) in [7, 11) is 0. The van der Waals surface area contributed by atoms with Gasteiger partial charge in [0.15, 0.2) is 11.6 Å². The van der Waals surface area contributed by atoms with Crippen molar-refractivity contribution in [2.75, 3.05) is 31.1 Å². The number of benzene rings is 2. The number of carbonyl (C=O) groups is 2. The zero-order chi connectivity index (χ0) is 19.0. The molecule has 4 rings (SSSR count). The van der Waals surface area contributed by atoms with E-state index in [0.717, 1.165) is 48.0 Å². The summed E-state index contributed by atoms with van der Waals surface area (Å²) in [5.74, 6) is 2.53. The van der Waals surface area contributed by atoms with Crippen LogP contribution in [0.25, 0.3) is 21.8 Å². The fourth-order valence-corrected chi connectivity index (χ4v) is 4.83. The third-order valence-electron chi connectivity index (χ3n) is 5.42. The minimum atomic E-state index is 0.0614. The van der Waals surface area contributed by atoms with Crippen LogP contribution in [0.2, 0.25) is 0 Å². The Hall–Kier alpha value is -2.11. The highest BCUT2D eigenvalue weighted by Gasteiger charge is 2.16. The zero-order valence-electron chi connectivity index (χ0n) is 15.8. The summed E-state index contributed by atoms with van der Waals surface area (Å²) >= 11 is 2.02. The Morgan fingerprint density at radius 3 is 1.85 bits per heavy atom. The van der Waals surface area contributed by atoms with Gasteiger partial charge in [-0.05, 0) is 50.2 Å². The summed E-state index contributed by atoms with van der Waals surface area (Å²) < 4.78 is 2.33. The van der Waals surface area contributed by atoms with Gasteiger partial charge in [0.25, 0.3) is 0 Å². The molecule has 0 unspecified atom stereocenters. The Kier molecular flexibility index (Phi) is 5.06. The van der Waals surface area contributed by atoms with Crippen LogP contribution in [0.3, 0.4) is 0 Å². The Labute approximate surface area is 163 Å². The van der Waals surface area contributed by atoms with Gasteiger partial charge in [-0.3, -0.25) is 14.5 Å². The number of aromatic nitrogens is 1. The van der Waals surface area contributed by atoms with Crippen LogP contribution in [0.1, 0.15) is 34.6 Å². The first-order valence-electron chi connectivity index (χ1n) is 9.42. The maximum Gasteiger partial charge on any atom is 0.159 e. The molecule has 27 heavy (non-hydrogen) atoms. The first-order chi connectivity index (χ1) is 13.0. The van der Waals surface area contributed by atoms with Crippen molar-refractivity contribution >= 4 is 45.1 Å². The van der Waals surface area contributed by atoms with Gasteiger partial charge in [-0.15, -0.1) is 0 Å². The number of fused-ring (bicyclic) bond motifs is 3. The van der Waals surface area contributed by atoms with E-state index >= 15 is 0 Å². The molecule has 0 atom stereocenters. The first-order valence-corrected chi connectivity index (χ1v) is 10.6. The van der Waals surface area contributed by atoms with Crippen molar-refractivity contribution in [3.8, 4) is 0 Å². The Bertz CT molecular complexity index is 960. The molecule has 1 saturated heterocycles. The van der Waals surface area contributed by atoms with Gasteiger partial charge < -0.3 is 4.57 Å². The number of thioether (sulfide) groups is 1. The smallest absolute Gasteiger partial charge is 0.159 e. The molecular formula is C22H24N2O2S. The molecule has 1 fully saturated rings. The summed E-state index contributed by atoms with van der Waals surface area (Å²) in [4.78, 5) is 26.3. The minimum absolute atomic E-state index is 0.0614. The maximum atomic E-state index is 11.9. The number of nitrogens with zero attached hydrogens (tertiary/aromatic N) is 2. The maximum absolute atomic E-state index is 11.9. The Balaban J connectivity index is 1.82. The molecule has 2 heterocycles. The Morgan fingerprint density at radius 1 is 0.852 bits per heavy atom. The number of Topliss-reactive ketones (excluding diaryl/α,β-unsaturated/α-hetero) is 2. The second-order valence-electron chi connectivity index (χ2n) is 7.18. The van der Waals surface area contributed by atoms with Crippen LogP contribution < -0.4 is 0 Å². The second-order valence-corrected chi connectivity index (χ2v) is 8.41. The van der Waals surface area contributed by atoms with Gasteiger partial charge in [-0.25, -0.2) is 0 Å². The summed E-state index contributed by atoms with van der Waals surface area (Å²) in [6.07, 6.45) is 0. The molecule has 5 heteroatoms. The summed E-state index contributed by atoms with van der Waals surface area (Å²) in [5.41, 5.74) is 3.68. The van der Waals surface area contributed by atoms with Crippen molar-refractivity contribution in [3.05, 3.63) is 47.5 Å². The van der Waals surface area contributed by atoms with Crippen molar-refractivity contribution in [3.63, 3.8) is 0 Å². The molecular weight excluding hydrogens is 356 g/mol. The Morgan fingerprint density at radius 2 is 1.37 bits per heavy atom. The second kappa shape index (κ2) is 7.49. The molecule has 0 bridgehead atoms. The number of hydrogen-bond acceptors (Lipinski definition) is 4. The highest BCUT2D eigenvalue weighted by Crippen LogP contribution is 2.31. The predicted octanol–water partition coefficient (Wildman–Crippen LogP) is 4.25. The lowest BCUT2D eigenvalue weighted by atomic mass is 10.0. The van der Waals surface area contributed by atoms with Crippen LogP contribution in [0.5, 0.6) is 0 Å². The van der Waals surface area contributed by atoms with Crippen molar-refractivity contribution in [2.45, 2.75) is 20.4 Å². The van der Waals surface area contributed by atoms with Gasteiger partial charge in [0.2, 0.25) is 0 Å². The normalized spacial score (nSPS) is 15.5. The van der Waals surface area contributed by atoms with Crippen molar-refractivity contribution in [1.82, 2.24) is 9.47 Å². The molecule has 1 aliphatic rings. The van der Waals surface area contributed by atoms with Crippen LogP contribution in [-0.2, 0) is 6.54 Å². The van der Waals surface area contributed by atoms with E-state index in [4.69, 9.17) is 0 Å². The average molecular weight is 381 g/mol. The van der Waals surface area contributed by atoms with E-state index in [1.165, 1.54) is 11.5 Å². The van der Waals surface area contributed by atoms with Crippen LogP contribution in [-0.4, -0.2) is 52.2 Å². The highest BCUT2D eigenvalue weighted by molar-refractivity contribution is 7.99. The van der Waals surface area contributed by atoms with Crippen molar-refractivity contribution < 1.29 is 9.59 Å². The number of ketones is 2. The zero-order valence-corrected chi connectivity index (χ0v) is 16.6.